The third-order valence-electron chi connectivity index (χ3n) is 9.17. The van der Waals surface area contributed by atoms with Crippen molar-refractivity contribution in [2.45, 2.75) is 32.1 Å². The molecular weight excluding hydrogens is 698 g/mol. The Morgan fingerprint density at radius 1 is 0.340 bits per heavy atom. The molecule has 0 saturated heterocycles. The Balaban J connectivity index is 0.000000714. The molecule has 0 unspecified atom stereocenters. The maximum Gasteiger partial charge on any atom is 0.249 e. The predicted molar refractivity (Wildman–Crippen MR) is 219 cm³/mol. The van der Waals surface area contributed by atoms with Crippen molar-refractivity contribution in [3.63, 3.8) is 0 Å². The third-order valence-corrected chi connectivity index (χ3v) is 18.2. The van der Waals surface area contributed by atoms with Crippen LogP contribution >= 0.6 is 14.5 Å². The maximum absolute atomic E-state index is 8.44. The number of carbonyl (C=O) groups is 2. The highest BCUT2D eigenvalue weighted by atomic mass is 31.2. The van der Waals surface area contributed by atoms with E-state index in [0.717, 1.165) is 0 Å². The minimum Gasteiger partial charge on any atom is -0.565 e. The Bertz CT molecular complexity index is 1570. The standard InChI is InChI=1S/C43H44P2.2CH2O3/c1(2-22-36-44(38-24-10-4-11-25-38,39-26-12-5-13-27-39)40-28-14-6-15-29-40)3-23-37-45(41-30-16-7-17-31-41,42-32-18-8-19-33-42)43-34-20-9-21-35-43;2*2-1(3)4/h4-21,24-35H,1-3,22-23,36-37H2;2*(H2,2,3,4)/q+2;;/p-2. The molecular formula is C45H46O6P2. The first-order chi connectivity index (χ1) is 25.8. The molecule has 0 aromatic heterocycles. The van der Waals surface area contributed by atoms with Crippen molar-refractivity contribution in [1.82, 2.24) is 0 Å². The first-order valence-electron chi connectivity index (χ1n) is 17.7. The number of unbranched alkanes of at least 4 members (excludes halogenated alkanes) is 4. The molecule has 6 rings (SSSR count). The molecule has 0 bridgehead atoms. The van der Waals surface area contributed by atoms with Crippen LogP contribution in [0.5, 0.6) is 0 Å². The lowest BCUT2D eigenvalue weighted by atomic mass is 10.2. The van der Waals surface area contributed by atoms with Gasteiger partial charge >= 0.3 is 0 Å². The van der Waals surface area contributed by atoms with Gasteiger partial charge in [-0.15, -0.1) is 0 Å². The third kappa shape index (κ3) is 11.4. The van der Waals surface area contributed by atoms with Gasteiger partial charge in [0.15, 0.2) is 0 Å². The predicted octanol–water partition coefficient (Wildman–Crippen LogP) is 6.70. The van der Waals surface area contributed by atoms with E-state index in [4.69, 9.17) is 30.0 Å². The minimum absolute atomic E-state index is 1.21. The summed E-state index contributed by atoms with van der Waals surface area (Å²) in [6, 6.07) is 68.0. The summed E-state index contributed by atoms with van der Waals surface area (Å²) in [4.78, 5) is 16.9. The van der Waals surface area contributed by atoms with E-state index in [-0.39, 0.29) is 0 Å². The molecule has 0 aliphatic rings. The minimum atomic E-state index is -2.08. The summed E-state index contributed by atoms with van der Waals surface area (Å²) < 4.78 is 0. The fourth-order valence-electron chi connectivity index (χ4n) is 6.99. The van der Waals surface area contributed by atoms with Gasteiger partial charge in [-0.1, -0.05) is 116 Å². The molecule has 0 heterocycles. The van der Waals surface area contributed by atoms with Gasteiger partial charge in [0.25, 0.3) is 0 Å². The van der Waals surface area contributed by atoms with Gasteiger partial charge in [0.2, 0.25) is 12.3 Å². The molecule has 6 aromatic rings. The Morgan fingerprint density at radius 2 is 0.491 bits per heavy atom. The van der Waals surface area contributed by atoms with Crippen molar-refractivity contribution < 1.29 is 30.0 Å². The Labute approximate surface area is 314 Å². The molecule has 0 aliphatic carbocycles. The van der Waals surface area contributed by atoms with Crippen LogP contribution in [0.15, 0.2) is 182 Å². The summed E-state index contributed by atoms with van der Waals surface area (Å²) in [6.45, 7) is 0. The topological polar surface area (TPSA) is 121 Å². The van der Waals surface area contributed by atoms with E-state index in [1.165, 1.54) is 76.3 Å². The fraction of sp³-hybridized carbons (Fsp3) is 0.156. The van der Waals surface area contributed by atoms with E-state index < -0.39 is 26.8 Å². The largest absolute Gasteiger partial charge is 0.565 e. The van der Waals surface area contributed by atoms with Crippen LogP contribution in [-0.2, 0) is 0 Å². The summed E-state index contributed by atoms with van der Waals surface area (Å²) in [5, 5.41) is 39.6. The molecule has 6 nitrogen and oxygen atoms in total. The second kappa shape index (κ2) is 21.3. The highest BCUT2D eigenvalue weighted by Crippen LogP contribution is 2.57. The molecule has 272 valence electrons. The molecule has 0 saturated carbocycles. The molecule has 8 heteroatoms. The van der Waals surface area contributed by atoms with E-state index >= 15 is 0 Å². The Morgan fingerprint density at radius 3 is 0.660 bits per heavy atom. The van der Waals surface area contributed by atoms with Crippen molar-refractivity contribution in [3.05, 3.63) is 182 Å². The van der Waals surface area contributed by atoms with Gasteiger partial charge in [0, 0.05) is 0 Å². The second-order valence-electron chi connectivity index (χ2n) is 12.4. The molecule has 0 radical (unpaired) electrons. The zero-order valence-corrected chi connectivity index (χ0v) is 31.5. The zero-order chi connectivity index (χ0) is 37.8. The summed E-state index contributed by atoms with van der Waals surface area (Å²) in [5.74, 6) is 0. The first-order valence-corrected chi connectivity index (χ1v) is 21.7. The van der Waals surface area contributed by atoms with Crippen LogP contribution < -0.4 is 42.0 Å². The average molecular weight is 745 g/mol. The number of hydrogen-bond acceptors (Lipinski definition) is 4. The lowest BCUT2D eigenvalue weighted by molar-refractivity contribution is -0.276. The molecule has 53 heavy (non-hydrogen) atoms. The summed E-state index contributed by atoms with van der Waals surface area (Å²) >= 11 is 0. The number of hydrogen-bond donors (Lipinski definition) is 2. The SMILES string of the molecule is O=C([O-])O.O=C([O-])O.c1ccc([P+](CCCCCCC[P+](c2ccccc2)(c2ccccc2)c2ccccc2)(c2ccccc2)c2ccccc2)cc1. The molecule has 0 amide bonds. The molecule has 0 atom stereocenters. The highest BCUT2D eigenvalue weighted by Gasteiger charge is 2.45. The summed E-state index contributed by atoms with van der Waals surface area (Å²) in [5.41, 5.74) is 0. The quantitative estimate of drug-likeness (QED) is 0.0947. The Hall–Kier alpha value is -5.28. The number of benzene rings is 6. The van der Waals surface area contributed by atoms with Crippen LogP contribution in [0.3, 0.4) is 0 Å². The van der Waals surface area contributed by atoms with E-state index in [1.807, 2.05) is 0 Å². The highest BCUT2D eigenvalue weighted by molar-refractivity contribution is 7.96. The molecule has 0 aliphatic heterocycles. The van der Waals surface area contributed by atoms with E-state index in [0.29, 0.717) is 0 Å². The van der Waals surface area contributed by atoms with Crippen LogP contribution in [0, 0.1) is 0 Å². The smallest absolute Gasteiger partial charge is 0.249 e. The second-order valence-corrected chi connectivity index (χ2v) is 19.6. The van der Waals surface area contributed by atoms with Gasteiger partial charge in [0.05, 0.1) is 12.3 Å². The lowest BCUT2D eigenvalue weighted by Gasteiger charge is -2.28. The Kier molecular flexibility index (Phi) is 16.3. The number of carboxylic acid groups (broad SMARTS) is 4. The van der Waals surface area contributed by atoms with Crippen molar-refractivity contribution in [2.24, 2.45) is 0 Å². The normalized spacial score (nSPS) is 10.9. The monoisotopic (exact) mass is 744 g/mol. The summed E-state index contributed by atoms with van der Waals surface area (Å²) in [7, 11) is -3.50. The molecule has 0 spiro atoms. The van der Waals surface area contributed by atoms with Crippen molar-refractivity contribution in [1.29, 1.82) is 0 Å². The van der Waals surface area contributed by atoms with Crippen molar-refractivity contribution in [2.75, 3.05) is 12.3 Å². The average Bonchev–Trinajstić information content (AvgIpc) is 3.19. The van der Waals surface area contributed by atoms with Gasteiger partial charge in [-0.25, -0.2) is 0 Å². The van der Waals surface area contributed by atoms with Crippen LogP contribution in [0.4, 0.5) is 9.59 Å². The van der Waals surface area contributed by atoms with Gasteiger partial charge in [-0.05, 0) is 98.5 Å². The van der Waals surface area contributed by atoms with Gasteiger partial charge in [-0.2, -0.15) is 0 Å². The summed E-state index contributed by atoms with van der Waals surface area (Å²) in [6.07, 6.45) is 4.53. The van der Waals surface area contributed by atoms with E-state index in [9.17, 15) is 0 Å². The van der Waals surface area contributed by atoms with Gasteiger partial charge in [-0.3, -0.25) is 0 Å². The zero-order valence-electron chi connectivity index (χ0n) is 29.7. The van der Waals surface area contributed by atoms with Crippen LogP contribution in [0.25, 0.3) is 0 Å². The maximum atomic E-state index is 8.44. The first kappa shape index (κ1) is 40.5. The van der Waals surface area contributed by atoms with Crippen LogP contribution in [0.1, 0.15) is 32.1 Å². The molecule has 0 fully saturated rings. The van der Waals surface area contributed by atoms with E-state index in [2.05, 4.69) is 182 Å². The molecule has 2 N–H and O–H groups in total. The van der Waals surface area contributed by atoms with Gasteiger partial charge in [0.1, 0.15) is 46.4 Å². The number of rotatable bonds is 14. The lowest BCUT2D eigenvalue weighted by Crippen LogP contribution is -2.33. The molecule has 6 aromatic carbocycles. The fourth-order valence-corrected chi connectivity index (χ4v) is 15.8. The van der Waals surface area contributed by atoms with Crippen molar-refractivity contribution >= 4 is 58.7 Å². The van der Waals surface area contributed by atoms with Crippen LogP contribution in [-0.4, -0.2) is 34.8 Å². The van der Waals surface area contributed by atoms with Crippen LogP contribution in [0.2, 0.25) is 0 Å². The van der Waals surface area contributed by atoms with Gasteiger partial charge < -0.3 is 30.0 Å². The van der Waals surface area contributed by atoms with Crippen molar-refractivity contribution in [3.8, 4) is 0 Å². The van der Waals surface area contributed by atoms with E-state index in [1.54, 1.807) is 0 Å².